The van der Waals surface area contributed by atoms with Crippen LogP contribution < -0.4 is 10.1 Å². The maximum absolute atomic E-state index is 13.0. The molecule has 3 aliphatic rings. The maximum atomic E-state index is 13.0. The Labute approximate surface area is 125 Å². The van der Waals surface area contributed by atoms with Gasteiger partial charge in [-0.2, -0.15) is 0 Å². The number of para-hydroxylation sites is 1. The highest BCUT2D eigenvalue weighted by Gasteiger charge is 2.56. The summed E-state index contributed by atoms with van der Waals surface area (Å²) < 4.78 is 5.51. The summed E-state index contributed by atoms with van der Waals surface area (Å²) in [6.45, 7) is 0. The van der Waals surface area contributed by atoms with E-state index < -0.39 is 0 Å². The lowest BCUT2D eigenvalue weighted by Crippen LogP contribution is -2.44. The largest absolute Gasteiger partial charge is 0.496 e. The van der Waals surface area contributed by atoms with Crippen LogP contribution in [0.5, 0.6) is 5.75 Å². The first kappa shape index (κ1) is 13.1. The van der Waals surface area contributed by atoms with Crippen LogP contribution in [-0.4, -0.2) is 29.5 Å². The van der Waals surface area contributed by atoms with Crippen molar-refractivity contribution in [1.29, 1.82) is 0 Å². The van der Waals surface area contributed by atoms with Gasteiger partial charge < -0.3 is 9.64 Å². The van der Waals surface area contributed by atoms with Gasteiger partial charge in [-0.05, 0) is 31.7 Å². The molecule has 2 aliphatic carbocycles. The van der Waals surface area contributed by atoms with Crippen molar-refractivity contribution in [2.24, 2.45) is 0 Å². The number of rotatable bonds is 3. The van der Waals surface area contributed by atoms with Gasteiger partial charge in [0.2, 0.25) is 5.91 Å². The Bertz CT molecular complexity index is 562. The highest BCUT2D eigenvalue weighted by atomic mass is 16.5. The predicted molar refractivity (Wildman–Crippen MR) is 79.9 cm³/mol. The van der Waals surface area contributed by atoms with Crippen LogP contribution >= 0.6 is 0 Å². The van der Waals surface area contributed by atoms with Gasteiger partial charge in [-0.15, -0.1) is 0 Å². The molecular weight excluding hydrogens is 264 g/mol. The SMILES string of the molecule is COc1ccccc1C1NC2(CCCC2)C(=O)N1C1CC1. The lowest BCUT2D eigenvalue weighted by molar-refractivity contribution is -0.133. The molecule has 0 radical (unpaired) electrons. The number of nitrogens with zero attached hydrogens (tertiary/aromatic N) is 1. The quantitative estimate of drug-likeness (QED) is 0.928. The number of methoxy groups -OCH3 is 1. The predicted octanol–water partition coefficient (Wildman–Crippen LogP) is 2.60. The first-order valence-corrected chi connectivity index (χ1v) is 7.98. The fourth-order valence-corrected chi connectivity index (χ4v) is 3.94. The van der Waals surface area contributed by atoms with Crippen molar-refractivity contribution < 1.29 is 9.53 Å². The molecule has 1 atom stereocenters. The van der Waals surface area contributed by atoms with Crippen LogP contribution in [0.25, 0.3) is 0 Å². The maximum Gasteiger partial charge on any atom is 0.244 e. The highest BCUT2D eigenvalue weighted by molar-refractivity contribution is 5.90. The summed E-state index contributed by atoms with van der Waals surface area (Å²) in [6, 6.07) is 8.47. The van der Waals surface area contributed by atoms with Crippen molar-refractivity contribution in [1.82, 2.24) is 10.2 Å². The van der Waals surface area contributed by atoms with E-state index in [1.54, 1.807) is 7.11 Å². The molecule has 112 valence electrons. The van der Waals surface area contributed by atoms with E-state index in [0.29, 0.717) is 11.9 Å². The lowest BCUT2D eigenvalue weighted by Gasteiger charge is -2.25. The van der Waals surface area contributed by atoms with Gasteiger partial charge in [0.05, 0.1) is 12.6 Å². The summed E-state index contributed by atoms with van der Waals surface area (Å²) >= 11 is 0. The number of hydrogen-bond acceptors (Lipinski definition) is 3. The van der Waals surface area contributed by atoms with Crippen LogP contribution in [0, 0.1) is 0 Å². The Hall–Kier alpha value is -1.55. The van der Waals surface area contributed by atoms with Gasteiger partial charge in [-0.1, -0.05) is 31.0 Å². The molecule has 1 heterocycles. The minimum absolute atomic E-state index is 0.0285. The van der Waals surface area contributed by atoms with Gasteiger partial charge in [0.25, 0.3) is 0 Å². The third-order valence-corrected chi connectivity index (χ3v) is 5.17. The molecule has 4 heteroatoms. The molecule has 4 rings (SSSR count). The second-order valence-corrected chi connectivity index (χ2v) is 6.52. The summed E-state index contributed by atoms with van der Waals surface area (Å²) in [4.78, 5) is 15.1. The first-order valence-electron chi connectivity index (χ1n) is 7.98. The van der Waals surface area contributed by atoms with Crippen LogP contribution in [0.15, 0.2) is 24.3 Å². The first-order chi connectivity index (χ1) is 10.2. The molecule has 0 aromatic heterocycles. The average molecular weight is 286 g/mol. The number of benzene rings is 1. The van der Waals surface area contributed by atoms with Crippen LogP contribution in [-0.2, 0) is 4.79 Å². The zero-order chi connectivity index (χ0) is 14.4. The number of carbonyl (C=O) groups is 1. The second-order valence-electron chi connectivity index (χ2n) is 6.52. The second kappa shape index (κ2) is 4.73. The van der Waals surface area contributed by atoms with Crippen molar-refractivity contribution in [2.45, 2.75) is 56.3 Å². The monoisotopic (exact) mass is 286 g/mol. The standard InChI is InChI=1S/C17H22N2O2/c1-21-14-7-3-2-6-13(14)15-18-17(10-4-5-11-17)16(20)19(15)12-8-9-12/h2-3,6-7,12,15,18H,4-5,8-11H2,1H3. The molecule has 1 aliphatic heterocycles. The van der Waals surface area contributed by atoms with Gasteiger partial charge in [0.15, 0.2) is 0 Å². The van der Waals surface area contributed by atoms with Crippen LogP contribution in [0.2, 0.25) is 0 Å². The Morgan fingerprint density at radius 1 is 1.24 bits per heavy atom. The molecule has 1 aromatic rings. The number of amides is 1. The third-order valence-electron chi connectivity index (χ3n) is 5.17. The molecule has 3 fully saturated rings. The minimum Gasteiger partial charge on any atom is -0.496 e. The van der Waals surface area contributed by atoms with Crippen LogP contribution in [0.4, 0.5) is 0 Å². The molecule has 2 saturated carbocycles. The number of hydrogen-bond donors (Lipinski definition) is 1. The van der Waals surface area contributed by atoms with Crippen LogP contribution in [0.1, 0.15) is 50.3 Å². The van der Waals surface area contributed by atoms with Crippen molar-refractivity contribution in [3.63, 3.8) is 0 Å². The van der Waals surface area contributed by atoms with Crippen molar-refractivity contribution in [3.05, 3.63) is 29.8 Å². The Morgan fingerprint density at radius 2 is 1.95 bits per heavy atom. The molecule has 4 nitrogen and oxygen atoms in total. The van der Waals surface area contributed by atoms with Gasteiger partial charge in [0, 0.05) is 11.6 Å². The molecular formula is C17H22N2O2. The number of nitrogens with one attached hydrogen (secondary N) is 1. The van der Waals surface area contributed by atoms with Gasteiger partial charge in [-0.3, -0.25) is 10.1 Å². The number of carbonyl (C=O) groups excluding carboxylic acids is 1. The van der Waals surface area contributed by atoms with E-state index in [1.807, 2.05) is 18.2 Å². The average Bonchev–Trinajstić information content (AvgIpc) is 3.17. The smallest absolute Gasteiger partial charge is 0.244 e. The van der Waals surface area contributed by atoms with E-state index in [2.05, 4.69) is 16.3 Å². The van der Waals surface area contributed by atoms with E-state index in [9.17, 15) is 4.79 Å². The summed E-state index contributed by atoms with van der Waals surface area (Å²) in [5, 5.41) is 3.67. The fourth-order valence-electron chi connectivity index (χ4n) is 3.94. The van der Waals surface area contributed by atoms with Gasteiger partial charge in [-0.25, -0.2) is 0 Å². The van der Waals surface area contributed by atoms with Gasteiger partial charge >= 0.3 is 0 Å². The molecule has 1 N–H and O–H groups in total. The van der Waals surface area contributed by atoms with Crippen LogP contribution in [0.3, 0.4) is 0 Å². The number of ether oxygens (including phenoxy) is 1. The molecule has 0 bridgehead atoms. The Kier molecular flexibility index (Phi) is 2.96. The molecule has 1 spiro atoms. The Morgan fingerprint density at radius 3 is 2.62 bits per heavy atom. The molecule has 21 heavy (non-hydrogen) atoms. The van der Waals surface area contributed by atoms with E-state index in [0.717, 1.165) is 49.8 Å². The molecule has 1 saturated heterocycles. The van der Waals surface area contributed by atoms with Crippen molar-refractivity contribution in [3.8, 4) is 5.75 Å². The van der Waals surface area contributed by atoms with Gasteiger partial charge in [0.1, 0.15) is 11.9 Å². The highest BCUT2D eigenvalue weighted by Crippen LogP contribution is 2.46. The van der Waals surface area contributed by atoms with E-state index >= 15 is 0 Å². The lowest BCUT2D eigenvalue weighted by atomic mass is 9.98. The molecule has 1 amide bonds. The summed E-state index contributed by atoms with van der Waals surface area (Å²) in [5.41, 5.74) is 0.776. The summed E-state index contributed by atoms with van der Waals surface area (Å²) in [6.07, 6.45) is 6.48. The molecule has 1 aromatic carbocycles. The minimum atomic E-state index is -0.311. The zero-order valence-corrected chi connectivity index (χ0v) is 12.5. The van der Waals surface area contributed by atoms with E-state index in [1.165, 1.54) is 0 Å². The summed E-state index contributed by atoms with van der Waals surface area (Å²) in [7, 11) is 1.70. The van der Waals surface area contributed by atoms with Crippen molar-refractivity contribution >= 4 is 5.91 Å². The summed E-state index contributed by atoms with van der Waals surface area (Å²) in [5.74, 6) is 1.18. The van der Waals surface area contributed by atoms with E-state index in [4.69, 9.17) is 4.74 Å². The fraction of sp³-hybridized carbons (Fsp3) is 0.588. The Balaban J connectivity index is 1.74. The zero-order valence-electron chi connectivity index (χ0n) is 12.5. The van der Waals surface area contributed by atoms with E-state index in [-0.39, 0.29) is 11.7 Å². The van der Waals surface area contributed by atoms with Crippen molar-refractivity contribution in [2.75, 3.05) is 7.11 Å². The topological polar surface area (TPSA) is 41.6 Å². The molecule has 1 unspecified atom stereocenters. The normalized spacial score (nSPS) is 27.6. The third kappa shape index (κ3) is 1.96.